The van der Waals surface area contributed by atoms with E-state index >= 15 is 0 Å². The van der Waals surface area contributed by atoms with Gasteiger partial charge in [0.15, 0.2) is 11.7 Å². The van der Waals surface area contributed by atoms with Crippen molar-refractivity contribution in [3.05, 3.63) is 64.6 Å². The van der Waals surface area contributed by atoms with E-state index in [9.17, 15) is 14.4 Å². The van der Waals surface area contributed by atoms with Crippen LogP contribution in [0.3, 0.4) is 0 Å². The SMILES string of the molecule is Cc1ccc([C@H](C(=O)NC[C@H]2CCCO2)N(C(=O)c2snc(C(N)=O)c2N)c2ccccc2)o1. The van der Waals surface area contributed by atoms with Crippen molar-refractivity contribution in [1.29, 1.82) is 0 Å². The number of rotatable bonds is 8. The first-order chi connectivity index (χ1) is 16.4. The van der Waals surface area contributed by atoms with Crippen molar-refractivity contribution in [2.75, 3.05) is 23.8 Å². The van der Waals surface area contributed by atoms with Crippen LogP contribution in [0.25, 0.3) is 0 Å². The van der Waals surface area contributed by atoms with E-state index in [1.54, 1.807) is 49.4 Å². The van der Waals surface area contributed by atoms with Crippen LogP contribution in [0.2, 0.25) is 0 Å². The largest absolute Gasteiger partial charge is 0.464 e. The molecule has 0 radical (unpaired) electrons. The number of primary amides is 1. The molecular weight excluding hydrogens is 458 g/mol. The number of para-hydroxylation sites is 1. The van der Waals surface area contributed by atoms with Crippen LogP contribution in [0.15, 0.2) is 46.9 Å². The first-order valence-corrected chi connectivity index (χ1v) is 11.5. The molecule has 1 aliphatic heterocycles. The maximum atomic E-state index is 13.8. The Balaban J connectivity index is 1.76. The quantitative estimate of drug-likeness (QED) is 0.444. The Morgan fingerprint density at radius 2 is 2.00 bits per heavy atom. The molecule has 2 aromatic heterocycles. The molecule has 0 aliphatic carbocycles. The van der Waals surface area contributed by atoms with Crippen molar-refractivity contribution < 1.29 is 23.5 Å². The van der Waals surface area contributed by atoms with Gasteiger partial charge in [0.25, 0.3) is 17.7 Å². The van der Waals surface area contributed by atoms with Gasteiger partial charge in [-0.25, -0.2) is 0 Å². The topological polar surface area (TPSA) is 154 Å². The predicted octanol–water partition coefficient (Wildman–Crippen LogP) is 2.41. The number of carbonyl (C=O) groups excluding carboxylic acids is 3. The Bertz CT molecular complexity index is 1190. The van der Waals surface area contributed by atoms with E-state index in [-0.39, 0.29) is 28.1 Å². The minimum atomic E-state index is -1.15. The lowest BCUT2D eigenvalue weighted by atomic mass is 10.1. The smallest absolute Gasteiger partial charge is 0.273 e. The molecule has 178 valence electrons. The number of amides is 3. The van der Waals surface area contributed by atoms with Crippen molar-refractivity contribution in [3.8, 4) is 0 Å². The van der Waals surface area contributed by atoms with Gasteiger partial charge < -0.3 is 25.9 Å². The third-order valence-corrected chi connectivity index (χ3v) is 6.32. The number of aryl methyl sites for hydroxylation is 1. The molecule has 5 N–H and O–H groups in total. The minimum Gasteiger partial charge on any atom is -0.464 e. The van der Waals surface area contributed by atoms with Gasteiger partial charge in [-0.1, -0.05) is 18.2 Å². The number of nitrogens with one attached hydrogen (secondary N) is 1. The van der Waals surface area contributed by atoms with E-state index in [2.05, 4.69) is 9.69 Å². The number of carbonyl (C=O) groups is 3. The molecule has 1 saturated heterocycles. The molecule has 3 aromatic rings. The Labute approximate surface area is 200 Å². The molecule has 4 rings (SSSR count). The van der Waals surface area contributed by atoms with Crippen LogP contribution < -0.4 is 21.7 Å². The molecule has 2 atom stereocenters. The zero-order valence-electron chi connectivity index (χ0n) is 18.5. The molecule has 1 fully saturated rings. The van der Waals surface area contributed by atoms with Gasteiger partial charge in [-0.3, -0.25) is 19.3 Å². The summed E-state index contributed by atoms with van der Waals surface area (Å²) in [5, 5.41) is 2.89. The Morgan fingerprint density at radius 1 is 1.24 bits per heavy atom. The number of nitrogen functional groups attached to an aromatic ring is 1. The second-order valence-electron chi connectivity index (χ2n) is 7.88. The van der Waals surface area contributed by atoms with Gasteiger partial charge >= 0.3 is 0 Å². The molecule has 0 unspecified atom stereocenters. The summed E-state index contributed by atoms with van der Waals surface area (Å²) < 4.78 is 15.3. The minimum absolute atomic E-state index is 0.00198. The van der Waals surface area contributed by atoms with Crippen LogP contribution in [0.4, 0.5) is 11.4 Å². The van der Waals surface area contributed by atoms with Crippen LogP contribution in [-0.4, -0.2) is 41.4 Å². The third kappa shape index (κ3) is 4.80. The van der Waals surface area contributed by atoms with Crippen molar-refractivity contribution in [3.63, 3.8) is 0 Å². The van der Waals surface area contributed by atoms with Crippen LogP contribution >= 0.6 is 11.5 Å². The molecule has 0 spiro atoms. The lowest BCUT2D eigenvalue weighted by Crippen LogP contribution is -2.45. The number of aromatic nitrogens is 1. The third-order valence-electron chi connectivity index (χ3n) is 5.47. The van der Waals surface area contributed by atoms with Crippen molar-refractivity contribution >= 4 is 40.6 Å². The summed E-state index contributed by atoms with van der Waals surface area (Å²) in [6.07, 6.45) is 1.70. The van der Waals surface area contributed by atoms with Crippen LogP contribution in [0.5, 0.6) is 0 Å². The van der Waals surface area contributed by atoms with Crippen LogP contribution in [0.1, 0.15) is 50.6 Å². The second-order valence-corrected chi connectivity index (χ2v) is 8.65. The van der Waals surface area contributed by atoms with Gasteiger partial charge in [0.1, 0.15) is 16.4 Å². The maximum absolute atomic E-state index is 13.8. The normalized spacial score (nSPS) is 16.2. The molecule has 1 aromatic carbocycles. The zero-order chi connectivity index (χ0) is 24.2. The van der Waals surface area contributed by atoms with E-state index in [1.807, 2.05) is 0 Å². The number of benzene rings is 1. The number of furan rings is 1. The van der Waals surface area contributed by atoms with Gasteiger partial charge in [0.05, 0.1) is 11.8 Å². The Morgan fingerprint density at radius 3 is 2.59 bits per heavy atom. The number of hydrogen-bond donors (Lipinski definition) is 3. The van der Waals surface area contributed by atoms with Gasteiger partial charge in [-0.2, -0.15) is 4.37 Å². The summed E-state index contributed by atoms with van der Waals surface area (Å²) in [4.78, 5) is 40.3. The van der Waals surface area contributed by atoms with E-state index in [1.165, 1.54) is 4.90 Å². The average molecular weight is 484 g/mol. The lowest BCUT2D eigenvalue weighted by Gasteiger charge is -2.30. The van der Waals surface area contributed by atoms with E-state index in [4.69, 9.17) is 20.6 Å². The number of nitrogens with two attached hydrogens (primary N) is 2. The van der Waals surface area contributed by atoms with Gasteiger partial charge in [-0.15, -0.1) is 0 Å². The predicted molar refractivity (Wildman–Crippen MR) is 126 cm³/mol. The zero-order valence-corrected chi connectivity index (χ0v) is 19.3. The molecular formula is C23H25N5O5S. The summed E-state index contributed by atoms with van der Waals surface area (Å²) in [6.45, 7) is 2.71. The summed E-state index contributed by atoms with van der Waals surface area (Å²) >= 11 is 0.750. The number of ether oxygens (including phenoxy) is 1. The molecule has 3 heterocycles. The summed E-state index contributed by atoms with van der Waals surface area (Å²) in [7, 11) is 0. The van der Waals surface area contributed by atoms with Crippen molar-refractivity contribution in [1.82, 2.24) is 9.69 Å². The molecule has 0 saturated carbocycles. The maximum Gasteiger partial charge on any atom is 0.273 e. The highest BCUT2D eigenvalue weighted by molar-refractivity contribution is 7.09. The first-order valence-electron chi connectivity index (χ1n) is 10.8. The molecule has 3 amide bonds. The average Bonchev–Trinajstić information content (AvgIpc) is 3.57. The standard InChI is InChI=1S/C23H25N5O5S/c1-13-9-10-16(33-13)19(22(30)26-12-15-8-5-11-32-15)28(14-6-3-2-4-7-14)23(31)20-17(24)18(21(25)29)27-34-20/h2-4,6-7,9-10,15,19H,5,8,11-12,24H2,1H3,(H2,25,29)(H,26,30)/t15-,19-/m1/s1. The van der Waals surface area contributed by atoms with E-state index < -0.39 is 23.8 Å². The van der Waals surface area contributed by atoms with Gasteiger partial charge in [-0.05, 0) is 55.6 Å². The highest BCUT2D eigenvalue weighted by Crippen LogP contribution is 2.33. The fraction of sp³-hybridized carbons (Fsp3) is 0.304. The second kappa shape index (κ2) is 10.1. The molecule has 34 heavy (non-hydrogen) atoms. The monoisotopic (exact) mass is 483 g/mol. The van der Waals surface area contributed by atoms with E-state index in [0.29, 0.717) is 24.6 Å². The molecule has 10 nitrogen and oxygen atoms in total. The number of nitrogens with zero attached hydrogens (tertiary/aromatic N) is 2. The Hall–Kier alpha value is -3.70. The van der Waals surface area contributed by atoms with Crippen molar-refractivity contribution in [2.24, 2.45) is 5.73 Å². The Kier molecular flexibility index (Phi) is 6.94. The number of hydrogen-bond acceptors (Lipinski definition) is 8. The number of anilines is 2. The first kappa shape index (κ1) is 23.5. The van der Waals surface area contributed by atoms with Gasteiger partial charge in [0, 0.05) is 18.8 Å². The van der Waals surface area contributed by atoms with Crippen molar-refractivity contribution in [2.45, 2.75) is 31.9 Å². The fourth-order valence-corrected chi connectivity index (χ4v) is 4.54. The molecule has 1 aliphatic rings. The van der Waals surface area contributed by atoms with Gasteiger partial charge in [0.2, 0.25) is 0 Å². The molecule has 11 heteroatoms. The van der Waals surface area contributed by atoms with Crippen LogP contribution in [0, 0.1) is 6.92 Å². The highest BCUT2D eigenvalue weighted by atomic mass is 32.1. The fourth-order valence-electron chi connectivity index (χ4n) is 3.80. The summed E-state index contributed by atoms with van der Waals surface area (Å²) in [6, 6.07) is 10.9. The molecule has 0 bridgehead atoms. The summed E-state index contributed by atoms with van der Waals surface area (Å²) in [5.74, 6) is -1.04. The summed E-state index contributed by atoms with van der Waals surface area (Å²) in [5.41, 5.74) is 11.5. The van der Waals surface area contributed by atoms with Crippen LogP contribution in [-0.2, 0) is 9.53 Å². The highest BCUT2D eigenvalue weighted by Gasteiger charge is 2.38. The lowest BCUT2D eigenvalue weighted by molar-refractivity contribution is -0.123. The van der Waals surface area contributed by atoms with E-state index in [0.717, 1.165) is 24.4 Å².